The number of thiocarbonyl (C=S) groups is 1. The fourth-order valence-electron chi connectivity index (χ4n) is 1.37. The molecule has 0 unspecified atom stereocenters. The minimum Gasteiger partial charge on any atom is -0.454 e. The first-order chi connectivity index (χ1) is 8.56. The summed E-state index contributed by atoms with van der Waals surface area (Å²) in [5.41, 5.74) is 6.23. The number of benzene rings is 2. The predicted octanol–water partition coefficient (Wildman–Crippen LogP) is 4.01. The van der Waals surface area contributed by atoms with E-state index in [2.05, 4.69) is 15.9 Å². The van der Waals surface area contributed by atoms with Crippen LogP contribution >= 0.6 is 28.1 Å². The third-order valence-electron chi connectivity index (χ3n) is 2.26. The first-order valence-electron chi connectivity index (χ1n) is 5.09. The van der Waals surface area contributed by atoms with Crippen molar-refractivity contribution >= 4 is 33.1 Å². The van der Waals surface area contributed by atoms with Crippen LogP contribution in [0, 0.1) is 5.82 Å². The van der Waals surface area contributed by atoms with Crippen LogP contribution in [0.1, 0.15) is 5.56 Å². The van der Waals surface area contributed by atoms with E-state index in [9.17, 15) is 4.39 Å². The first kappa shape index (κ1) is 13.0. The number of rotatable bonds is 3. The number of ether oxygens (including phenoxy) is 1. The molecule has 2 N–H and O–H groups in total. The van der Waals surface area contributed by atoms with Crippen LogP contribution in [0.25, 0.3) is 0 Å². The summed E-state index contributed by atoms with van der Waals surface area (Å²) in [6.45, 7) is 0. The molecule has 0 atom stereocenters. The van der Waals surface area contributed by atoms with E-state index in [0.29, 0.717) is 15.2 Å². The van der Waals surface area contributed by atoms with Crippen LogP contribution in [0.15, 0.2) is 46.9 Å². The van der Waals surface area contributed by atoms with E-state index < -0.39 is 5.82 Å². The average molecular weight is 326 g/mol. The lowest BCUT2D eigenvalue weighted by molar-refractivity contribution is 0.442. The fraction of sp³-hybridized carbons (Fsp3) is 0. The molecule has 0 fully saturated rings. The molecule has 2 rings (SSSR count). The third kappa shape index (κ3) is 3.05. The maximum Gasteiger partial charge on any atom is 0.166 e. The molecule has 2 aromatic carbocycles. The van der Waals surface area contributed by atoms with Crippen LogP contribution in [0.4, 0.5) is 4.39 Å². The molecule has 0 aromatic heterocycles. The number of hydrogen-bond donors (Lipinski definition) is 1. The standard InChI is InChI=1S/C13H9BrFNOS/c14-9-3-6-12(11(15)7-9)17-10-4-1-8(2-5-10)13(16)18/h1-7H,(H2,16,18). The summed E-state index contributed by atoms with van der Waals surface area (Å²) < 4.78 is 19.6. The highest BCUT2D eigenvalue weighted by Gasteiger charge is 2.05. The summed E-state index contributed by atoms with van der Waals surface area (Å²) >= 11 is 8.03. The summed E-state index contributed by atoms with van der Waals surface area (Å²) in [5, 5.41) is 0. The minimum atomic E-state index is -0.428. The van der Waals surface area contributed by atoms with Gasteiger partial charge in [0.25, 0.3) is 0 Å². The van der Waals surface area contributed by atoms with Crippen molar-refractivity contribution in [1.82, 2.24) is 0 Å². The van der Waals surface area contributed by atoms with Gasteiger partial charge in [0.05, 0.1) is 0 Å². The van der Waals surface area contributed by atoms with Gasteiger partial charge in [-0.1, -0.05) is 28.1 Å². The van der Waals surface area contributed by atoms with Crippen molar-refractivity contribution in [3.8, 4) is 11.5 Å². The summed E-state index contributed by atoms with van der Waals surface area (Å²) in [4.78, 5) is 0.316. The van der Waals surface area contributed by atoms with Gasteiger partial charge in [-0.3, -0.25) is 0 Å². The Hall–Kier alpha value is -1.46. The molecule has 0 amide bonds. The molecule has 92 valence electrons. The van der Waals surface area contributed by atoms with Crippen molar-refractivity contribution in [2.75, 3.05) is 0 Å². The van der Waals surface area contributed by atoms with Gasteiger partial charge in [-0.2, -0.15) is 0 Å². The zero-order chi connectivity index (χ0) is 13.1. The molecule has 0 aliphatic heterocycles. The van der Waals surface area contributed by atoms with E-state index in [4.69, 9.17) is 22.7 Å². The van der Waals surface area contributed by atoms with Crippen molar-refractivity contribution in [2.24, 2.45) is 5.73 Å². The average Bonchev–Trinajstić information content (AvgIpc) is 2.33. The maximum absolute atomic E-state index is 13.5. The molecule has 0 saturated heterocycles. The number of halogens is 2. The van der Waals surface area contributed by atoms with Crippen LogP contribution in [0.2, 0.25) is 0 Å². The maximum atomic E-state index is 13.5. The molecule has 5 heteroatoms. The van der Waals surface area contributed by atoms with Gasteiger partial charge in [-0.25, -0.2) is 4.39 Å². The molecule has 18 heavy (non-hydrogen) atoms. The van der Waals surface area contributed by atoms with Gasteiger partial charge < -0.3 is 10.5 Å². The SMILES string of the molecule is NC(=S)c1ccc(Oc2ccc(Br)cc2F)cc1. The largest absolute Gasteiger partial charge is 0.454 e. The zero-order valence-electron chi connectivity index (χ0n) is 9.19. The summed E-state index contributed by atoms with van der Waals surface area (Å²) in [6, 6.07) is 11.5. The van der Waals surface area contributed by atoms with Crippen molar-refractivity contribution < 1.29 is 9.13 Å². The Bertz CT molecular complexity index is 586. The van der Waals surface area contributed by atoms with Crippen molar-refractivity contribution in [3.63, 3.8) is 0 Å². The van der Waals surface area contributed by atoms with E-state index in [1.54, 1.807) is 36.4 Å². The molecule has 0 aliphatic carbocycles. The van der Waals surface area contributed by atoms with Crippen molar-refractivity contribution in [1.29, 1.82) is 0 Å². The quantitative estimate of drug-likeness (QED) is 0.866. The zero-order valence-corrected chi connectivity index (χ0v) is 11.6. The van der Waals surface area contributed by atoms with Gasteiger partial charge in [0.15, 0.2) is 11.6 Å². The van der Waals surface area contributed by atoms with Gasteiger partial charge >= 0.3 is 0 Å². The summed E-state index contributed by atoms with van der Waals surface area (Å²) in [6.07, 6.45) is 0. The topological polar surface area (TPSA) is 35.2 Å². The van der Waals surface area contributed by atoms with Gasteiger partial charge in [0.2, 0.25) is 0 Å². The second-order valence-electron chi connectivity index (χ2n) is 3.57. The second-order valence-corrected chi connectivity index (χ2v) is 4.92. The first-order valence-corrected chi connectivity index (χ1v) is 6.29. The fourth-order valence-corrected chi connectivity index (χ4v) is 1.84. The summed E-state index contributed by atoms with van der Waals surface area (Å²) in [5.74, 6) is 0.264. The molecule has 0 spiro atoms. The van der Waals surface area contributed by atoms with Crippen LogP contribution in [0.3, 0.4) is 0 Å². The van der Waals surface area contributed by atoms with E-state index in [1.165, 1.54) is 6.07 Å². The molecule has 0 aliphatic rings. The van der Waals surface area contributed by atoms with Gasteiger partial charge in [-0.15, -0.1) is 0 Å². The highest BCUT2D eigenvalue weighted by atomic mass is 79.9. The Balaban J connectivity index is 2.21. The number of nitrogens with two attached hydrogens (primary N) is 1. The Morgan fingerprint density at radius 1 is 1.17 bits per heavy atom. The second kappa shape index (κ2) is 5.46. The Morgan fingerprint density at radius 3 is 2.39 bits per heavy atom. The molecule has 0 bridgehead atoms. The smallest absolute Gasteiger partial charge is 0.166 e. The monoisotopic (exact) mass is 325 g/mol. The Labute approximate surface area is 118 Å². The Morgan fingerprint density at radius 2 is 1.83 bits per heavy atom. The molecule has 0 heterocycles. The van der Waals surface area contributed by atoms with E-state index in [-0.39, 0.29) is 5.75 Å². The third-order valence-corrected chi connectivity index (χ3v) is 2.99. The van der Waals surface area contributed by atoms with E-state index in [0.717, 1.165) is 5.56 Å². The molecule has 0 saturated carbocycles. The van der Waals surface area contributed by atoms with Gasteiger partial charge in [0.1, 0.15) is 10.7 Å². The van der Waals surface area contributed by atoms with E-state index in [1.807, 2.05) is 0 Å². The van der Waals surface area contributed by atoms with Crippen LogP contribution < -0.4 is 10.5 Å². The molecule has 0 radical (unpaired) electrons. The highest BCUT2D eigenvalue weighted by Crippen LogP contribution is 2.26. The van der Waals surface area contributed by atoms with Gasteiger partial charge in [-0.05, 0) is 42.5 Å². The normalized spacial score (nSPS) is 10.1. The predicted molar refractivity (Wildman–Crippen MR) is 76.5 cm³/mol. The lowest BCUT2D eigenvalue weighted by Crippen LogP contribution is -2.08. The summed E-state index contributed by atoms with van der Waals surface area (Å²) in [7, 11) is 0. The van der Waals surface area contributed by atoms with Crippen molar-refractivity contribution in [3.05, 3.63) is 58.3 Å². The van der Waals surface area contributed by atoms with Crippen LogP contribution in [0.5, 0.6) is 11.5 Å². The number of hydrogen-bond acceptors (Lipinski definition) is 2. The Kier molecular flexibility index (Phi) is 3.93. The van der Waals surface area contributed by atoms with E-state index >= 15 is 0 Å². The van der Waals surface area contributed by atoms with Crippen LogP contribution in [-0.4, -0.2) is 4.99 Å². The molecule has 2 nitrogen and oxygen atoms in total. The highest BCUT2D eigenvalue weighted by molar-refractivity contribution is 9.10. The minimum absolute atomic E-state index is 0.168. The van der Waals surface area contributed by atoms with Crippen LogP contribution in [-0.2, 0) is 0 Å². The lowest BCUT2D eigenvalue weighted by Gasteiger charge is -2.07. The molecule has 2 aromatic rings. The molecular weight excluding hydrogens is 317 g/mol. The van der Waals surface area contributed by atoms with Crippen molar-refractivity contribution in [2.45, 2.75) is 0 Å². The molecular formula is C13H9BrFNOS. The van der Waals surface area contributed by atoms with Gasteiger partial charge in [0, 0.05) is 10.0 Å². The lowest BCUT2D eigenvalue weighted by atomic mass is 10.2.